The van der Waals surface area contributed by atoms with Crippen LogP contribution in [0.5, 0.6) is 0 Å². The van der Waals surface area contributed by atoms with E-state index in [2.05, 4.69) is 15.4 Å². The number of fused-ring (bicyclic) bond motifs is 1. The van der Waals surface area contributed by atoms with E-state index in [1.165, 1.54) is 22.9 Å². The quantitative estimate of drug-likeness (QED) is 0.355. The van der Waals surface area contributed by atoms with Crippen LogP contribution >= 0.6 is 0 Å². The molecular weight excluding hydrogens is 485 g/mol. The molecule has 0 aliphatic carbocycles. The molecule has 3 heterocycles. The number of nitrogens with one attached hydrogen (secondary N) is 2. The summed E-state index contributed by atoms with van der Waals surface area (Å²) in [4.78, 5) is 28.4. The predicted molar refractivity (Wildman–Crippen MR) is 124 cm³/mol. The highest BCUT2D eigenvalue weighted by atomic mass is 19.4. The number of hydrogen-bond acceptors (Lipinski definition) is 5. The number of aromatic nitrogens is 4. The molecular formula is C24H20F5N5O2. The topological polar surface area (TPSA) is 92.7 Å². The van der Waals surface area contributed by atoms with E-state index in [0.717, 1.165) is 18.5 Å². The maximum Gasteiger partial charge on any atom is 0.423 e. The van der Waals surface area contributed by atoms with Gasteiger partial charge < -0.3 is 9.88 Å². The zero-order valence-corrected chi connectivity index (χ0v) is 18.9. The van der Waals surface area contributed by atoms with Gasteiger partial charge in [-0.25, -0.2) is 13.9 Å². The molecule has 0 bridgehead atoms. The van der Waals surface area contributed by atoms with E-state index in [0.29, 0.717) is 29.5 Å². The van der Waals surface area contributed by atoms with Crippen LogP contribution in [0.2, 0.25) is 0 Å². The summed E-state index contributed by atoms with van der Waals surface area (Å²) in [7, 11) is 0. The summed E-state index contributed by atoms with van der Waals surface area (Å²) >= 11 is 0. The zero-order chi connectivity index (χ0) is 26.0. The van der Waals surface area contributed by atoms with Gasteiger partial charge in [-0.2, -0.15) is 18.3 Å². The summed E-state index contributed by atoms with van der Waals surface area (Å²) in [6, 6.07) is 6.46. The van der Waals surface area contributed by atoms with Crippen molar-refractivity contribution < 1.29 is 22.0 Å². The highest BCUT2D eigenvalue weighted by Crippen LogP contribution is 2.32. The maximum atomic E-state index is 14.9. The lowest BCUT2D eigenvalue weighted by Crippen LogP contribution is -2.27. The second-order valence-electron chi connectivity index (χ2n) is 8.27. The molecule has 0 fully saturated rings. The van der Waals surface area contributed by atoms with E-state index < -0.39 is 46.2 Å². The van der Waals surface area contributed by atoms with Crippen molar-refractivity contribution in [1.29, 1.82) is 0 Å². The van der Waals surface area contributed by atoms with Gasteiger partial charge in [0, 0.05) is 24.3 Å². The molecule has 1 aromatic carbocycles. The van der Waals surface area contributed by atoms with Crippen molar-refractivity contribution in [3.8, 4) is 11.3 Å². The average Bonchev–Trinajstić information content (AvgIpc) is 2.80. The minimum Gasteiger partial charge on any atom is -0.381 e. The highest BCUT2D eigenvalue weighted by Gasteiger charge is 2.37. The molecule has 1 atom stereocenters. The van der Waals surface area contributed by atoms with E-state index in [1.807, 2.05) is 0 Å². The van der Waals surface area contributed by atoms with Gasteiger partial charge >= 0.3 is 6.18 Å². The number of anilines is 1. The molecule has 36 heavy (non-hydrogen) atoms. The van der Waals surface area contributed by atoms with E-state index in [4.69, 9.17) is 0 Å². The molecule has 0 unspecified atom stereocenters. The lowest BCUT2D eigenvalue weighted by molar-refractivity contribution is -0.138. The number of rotatable bonds is 7. The standard InChI is InChI=1S/C24H20F5N5O2/c1-13(32-19-12-31-33-22(35)21(19)24(27,28)29)3-2-7-34-8-6-14-9-15(10-17(26)20(14)23(34)36)18-5-4-16(25)11-30-18/h4-6,8-13H,2-3,7H2,1H3,(H2,32,33,35)/t13-/m0/s1. The van der Waals surface area contributed by atoms with Gasteiger partial charge in [0.2, 0.25) is 0 Å². The zero-order valence-electron chi connectivity index (χ0n) is 18.9. The second kappa shape index (κ2) is 9.88. The summed E-state index contributed by atoms with van der Waals surface area (Å²) in [6.45, 7) is 1.83. The second-order valence-corrected chi connectivity index (χ2v) is 8.27. The Morgan fingerprint density at radius 2 is 1.89 bits per heavy atom. The minimum atomic E-state index is -4.85. The Morgan fingerprint density at radius 1 is 1.11 bits per heavy atom. The molecule has 0 aliphatic heterocycles. The first-order valence-corrected chi connectivity index (χ1v) is 10.9. The molecule has 4 rings (SSSR count). The molecule has 188 valence electrons. The largest absolute Gasteiger partial charge is 0.423 e. The van der Waals surface area contributed by atoms with Gasteiger partial charge in [0.15, 0.2) is 0 Å². The monoisotopic (exact) mass is 505 g/mol. The number of alkyl halides is 3. The normalized spacial score (nSPS) is 12.6. The molecule has 0 saturated carbocycles. The van der Waals surface area contributed by atoms with Gasteiger partial charge in [-0.1, -0.05) is 0 Å². The molecule has 0 saturated heterocycles. The van der Waals surface area contributed by atoms with E-state index in [1.54, 1.807) is 24.2 Å². The van der Waals surface area contributed by atoms with Gasteiger partial charge in [-0.05, 0) is 55.5 Å². The van der Waals surface area contributed by atoms with Crippen molar-refractivity contribution in [3.05, 3.63) is 86.8 Å². The third-order valence-corrected chi connectivity index (χ3v) is 5.63. The number of aryl methyl sites for hydroxylation is 1. The van der Waals surface area contributed by atoms with Crippen molar-refractivity contribution in [3.63, 3.8) is 0 Å². The third kappa shape index (κ3) is 5.26. The first kappa shape index (κ1) is 25.0. The smallest absolute Gasteiger partial charge is 0.381 e. The predicted octanol–water partition coefficient (Wildman–Crippen LogP) is 4.72. The summed E-state index contributed by atoms with van der Waals surface area (Å²) in [5.74, 6) is -1.27. The number of benzene rings is 1. The fourth-order valence-electron chi connectivity index (χ4n) is 3.93. The number of nitrogens with zero attached hydrogens (tertiary/aromatic N) is 3. The first-order chi connectivity index (χ1) is 17.0. The van der Waals surface area contributed by atoms with Crippen molar-refractivity contribution in [2.75, 3.05) is 5.32 Å². The van der Waals surface area contributed by atoms with E-state index in [9.17, 15) is 31.5 Å². The fourth-order valence-corrected chi connectivity index (χ4v) is 3.93. The SMILES string of the molecule is C[C@@H](CCCn1ccc2cc(-c3ccc(F)cn3)cc(F)c2c1=O)Nc1cn[nH]c(=O)c1C(F)(F)F. The summed E-state index contributed by atoms with van der Waals surface area (Å²) in [6.07, 6.45) is -0.697. The summed E-state index contributed by atoms with van der Waals surface area (Å²) in [5.41, 5.74) is -2.95. The maximum absolute atomic E-state index is 14.9. The Bertz CT molecular complexity index is 1510. The van der Waals surface area contributed by atoms with Crippen LogP contribution in [0.3, 0.4) is 0 Å². The van der Waals surface area contributed by atoms with Crippen molar-refractivity contribution in [2.45, 2.75) is 38.5 Å². The molecule has 0 aliphatic rings. The fraction of sp³-hybridized carbons (Fsp3) is 0.250. The summed E-state index contributed by atoms with van der Waals surface area (Å²) in [5, 5.41) is 8.07. The van der Waals surface area contributed by atoms with Crippen LogP contribution in [0.4, 0.5) is 27.6 Å². The third-order valence-electron chi connectivity index (χ3n) is 5.63. The van der Waals surface area contributed by atoms with Crippen molar-refractivity contribution in [2.24, 2.45) is 0 Å². The number of hydrogen-bond donors (Lipinski definition) is 2. The molecule has 4 aromatic rings. The highest BCUT2D eigenvalue weighted by molar-refractivity contribution is 5.86. The van der Waals surface area contributed by atoms with Crippen LogP contribution in [0.1, 0.15) is 25.3 Å². The van der Waals surface area contributed by atoms with Gasteiger partial charge in [0.05, 0.1) is 29.2 Å². The number of halogens is 5. The Kier molecular flexibility index (Phi) is 6.86. The Balaban J connectivity index is 1.47. The first-order valence-electron chi connectivity index (χ1n) is 10.9. The van der Waals surface area contributed by atoms with Crippen LogP contribution in [-0.4, -0.2) is 25.8 Å². The van der Waals surface area contributed by atoms with Gasteiger partial charge in [0.25, 0.3) is 11.1 Å². The van der Waals surface area contributed by atoms with Gasteiger partial charge in [-0.15, -0.1) is 0 Å². The summed E-state index contributed by atoms with van der Waals surface area (Å²) < 4.78 is 68.9. The van der Waals surface area contributed by atoms with Crippen LogP contribution in [-0.2, 0) is 12.7 Å². The number of pyridine rings is 2. The molecule has 0 spiro atoms. The Labute approximate surface area is 200 Å². The minimum absolute atomic E-state index is 0.112. The Morgan fingerprint density at radius 3 is 2.58 bits per heavy atom. The number of H-pyrrole nitrogens is 1. The molecule has 0 radical (unpaired) electrons. The van der Waals surface area contributed by atoms with E-state index in [-0.39, 0.29) is 11.9 Å². The molecule has 3 aromatic heterocycles. The van der Waals surface area contributed by atoms with Crippen molar-refractivity contribution >= 4 is 16.5 Å². The van der Waals surface area contributed by atoms with E-state index >= 15 is 0 Å². The van der Waals surface area contributed by atoms with Crippen LogP contribution in [0.15, 0.2) is 58.5 Å². The molecule has 0 amide bonds. The molecule has 2 N–H and O–H groups in total. The van der Waals surface area contributed by atoms with Gasteiger partial charge in [-0.3, -0.25) is 14.6 Å². The lowest BCUT2D eigenvalue weighted by Gasteiger charge is -2.18. The average molecular weight is 505 g/mol. The molecule has 12 heteroatoms. The molecule has 7 nitrogen and oxygen atoms in total. The lowest BCUT2D eigenvalue weighted by atomic mass is 10.0. The number of aromatic amines is 1. The van der Waals surface area contributed by atoms with Crippen LogP contribution in [0.25, 0.3) is 22.0 Å². The van der Waals surface area contributed by atoms with Crippen LogP contribution < -0.4 is 16.4 Å². The van der Waals surface area contributed by atoms with Crippen LogP contribution in [0, 0.1) is 11.6 Å². The van der Waals surface area contributed by atoms with Crippen molar-refractivity contribution in [1.82, 2.24) is 19.7 Å². The van der Waals surface area contributed by atoms with Gasteiger partial charge in [0.1, 0.15) is 17.2 Å². The Hall–Kier alpha value is -4.09.